The number of fused-ring (bicyclic) bond motifs is 1. The van der Waals surface area contributed by atoms with E-state index in [1.807, 2.05) is 17.5 Å². The predicted octanol–water partition coefficient (Wildman–Crippen LogP) is 5.19. The minimum Gasteiger partial charge on any atom is -0.301 e. The van der Waals surface area contributed by atoms with Crippen molar-refractivity contribution in [3.63, 3.8) is 0 Å². The van der Waals surface area contributed by atoms with Gasteiger partial charge < -0.3 is 5.32 Å². The Bertz CT molecular complexity index is 1300. The SMILES string of the molecule is CCCCn1c(SCC(=O)Nc2nc(-c3ccc(F)cc3)cs2)nc2ccccc2c1=O. The van der Waals surface area contributed by atoms with Crippen LogP contribution in [0.3, 0.4) is 0 Å². The number of rotatable bonds is 8. The summed E-state index contributed by atoms with van der Waals surface area (Å²) in [5, 5.41) is 6.17. The Balaban J connectivity index is 1.47. The molecule has 0 aliphatic heterocycles. The highest BCUT2D eigenvalue weighted by Crippen LogP contribution is 2.25. The third kappa shape index (κ3) is 5.05. The molecule has 9 heteroatoms. The molecule has 0 aliphatic carbocycles. The van der Waals surface area contributed by atoms with E-state index in [1.165, 1.54) is 35.2 Å². The van der Waals surface area contributed by atoms with E-state index in [4.69, 9.17) is 0 Å². The summed E-state index contributed by atoms with van der Waals surface area (Å²) >= 11 is 2.53. The summed E-state index contributed by atoms with van der Waals surface area (Å²) in [6.45, 7) is 2.62. The maximum Gasteiger partial charge on any atom is 0.262 e. The van der Waals surface area contributed by atoms with Gasteiger partial charge >= 0.3 is 0 Å². The lowest BCUT2D eigenvalue weighted by Gasteiger charge is -2.12. The molecule has 4 rings (SSSR count). The summed E-state index contributed by atoms with van der Waals surface area (Å²) < 4.78 is 14.8. The highest BCUT2D eigenvalue weighted by Gasteiger charge is 2.14. The van der Waals surface area contributed by atoms with E-state index in [1.54, 1.807) is 28.8 Å². The van der Waals surface area contributed by atoms with E-state index >= 15 is 0 Å². The third-order valence-corrected chi connectivity index (χ3v) is 6.52. The van der Waals surface area contributed by atoms with Crippen LogP contribution in [0.25, 0.3) is 22.2 Å². The fourth-order valence-corrected chi connectivity index (χ4v) is 4.70. The van der Waals surface area contributed by atoms with Crippen molar-refractivity contribution in [1.82, 2.24) is 14.5 Å². The van der Waals surface area contributed by atoms with Gasteiger partial charge in [-0.05, 0) is 42.8 Å². The molecule has 32 heavy (non-hydrogen) atoms. The number of anilines is 1. The van der Waals surface area contributed by atoms with E-state index in [0.29, 0.717) is 33.4 Å². The zero-order valence-corrected chi connectivity index (χ0v) is 19.0. The molecule has 0 atom stereocenters. The Morgan fingerprint density at radius 1 is 1.16 bits per heavy atom. The minimum absolute atomic E-state index is 0.0872. The number of para-hydroxylation sites is 1. The van der Waals surface area contributed by atoms with Crippen LogP contribution in [0.1, 0.15) is 19.8 Å². The number of thioether (sulfide) groups is 1. The number of amides is 1. The minimum atomic E-state index is -0.311. The number of halogens is 1. The van der Waals surface area contributed by atoms with E-state index in [-0.39, 0.29) is 23.0 Å². The fraction of sp³-hybridized carbons (Fsp3) is 0.217. The molecule has 1 amide bonds. The maximum absolute atomic E-state index is 13.1. The average molecular weight is 469 g/mol. The summed E-state index contributed by atoms with van der Waals surface area (Å²) in [7, 11) is 0. The van der Waals surface area contributed by atoms with Gasteiger partial charge in [0, 0.05) is 17.5 Å². The highest BCUT2D eigenvalue weighted by atomic mass is 32.2. The largest absolute Gasteiger partial charge is 0.301 e. The van der Waals surface area contributed by atoms with Gasteiger partial charge in [0.15, 0.2) is 10.3 Å². The van der Waals surface area contributed by atoms with E-state index in [9.17, 15) is 14.0 Å². The monoisotopic (exact) mass is 468 g/mol. The van der Waals surface area contributed by atoms with Crippen molar-refractivity contribution in [2.45, 2.75) is 31.5 Å². The van der Waals surface area contributed by atoms with Crippen LogP contribution in [0.2, 0.25) is 0 Å². The molecule has 2 aromatic carbocycles. The van der Waals surface area contributed by atoms with Crippen molar-refractivity contribution in [2.75, 3.05) is 11.1 Å². The molecular weight excluding hydrogens is 447 g/mol. The molecule has 0 aliphatic rings. The first kappa shape index (κ1) is 22.2. The van der Waals surface area contributed by atoms with Crippen LogP contribution in [0, 0.1) is 5.82 Å². The second-order valence-corrected chi connectivity index (χ2v) is 8.90. The first-order valence-electron chi connectivity index (χ1n) is 10.2. The van der Waals surface area contributed by atoms with Gasteiger partial charge in [-0.2, -0.15) is 0 Å². The van der Waals surface area contributed by atoms with E-state index < -0.39 is 0 Å². The number of nitrogens with zero attached hydrogens (tertiary/aromatic N) is 3. The van der Waals surface area contributed by atoms with Gasteiger partial charge in [-0.25, -0.2) is 14.4 Å². The molecule has 1 N–H and O–H groups in total. The molecule has 4 aromatic rings. The number of carbonyl (C=O) groups excluding carboxylic acids is 1. The Hall–Kier alpha value is -3.04. The zero-order valence-electron chi connectivity index (χ0n) is 17.4. The number of unbranched alkanes of at least 4 members (excludes halogenated alkanes) is 1. The molecule has 0 unspecified atom stereocenters. The summed E-state index contributed by atoms with van der Waals surface area (Å²) in [5.41, 5.74) is 1.98. The van der Waals surface area contributed by atoms with Gasteiger partial charge in [-0.3, -0.25) is 14.2 Å². The van der Waals surface area contributed by atoms with Gasteiger partial charge in [0.25, 0.3) is 5.56 Å². The third-order valence-electron chi connectivity index (χ3n) is 4.78. The van der Waals surface area contributed by atoms with Crippen LogP contribution in [0.4, 0.5) is 9.52 Å². The molecule has 0 bridgehead atoms. The van der Waals surface area contributed by atoms with Crippen LogP contribution >= 0.6 is 23.1 Å². The molecule has 0 radical (unpaired) electrons. The smallest absolute Gasteiger partial charge is 0.262 e. The quantitative estimate of drug-likeness (QED) is 0.284. The Morgan fingerprint density at radius 2 is 1.94 bits per heavy atom. The Kier molecular flexibility index (Phi) is 6.96. The van der Waals surface area contributed by atoms with E-state index in [2.05, 4.69) is 22.2 Å². The molecule has 0 saturated heterocycles. The van der Waals surface area contributed by atoms with Crippen molar-refractivity contribution in [3.8, 4) is 11.3 Å². The number of nitrogens with one attached hydrogen (secondary N) is 1. The van der Waals surface area contributed by atoms with Crippen molar-refractivity contribution in [2.24, 2.45) is 0 Å². The second-order valence-electron chi connectivity index (χ2n) is 7.10. The van der Waals surface area contributed by atoms with Crippen molar-refractivity contribution in [1.29, 1.82) is 0 Å². The van der Waals surface area contributed by atoms with Crippen LogP contribution in [-0.4, -0.2) is 26.2 Å². The molecule has 0 saturated carbocycles. The van der Waals surface area contributed by atoms with Crippen molar-refractivity contribution < 1.29 is 9.18 Å². The second kappa shape index (κ2) is 10.1. The first-order chi connectivity index (χ1) is 15.5. The van der Waals surface area contributed by atoms with E-state index in [0.717, 1.165) is 18.4 Å². The summed E-state index contributed by atoms with van der Waals surface area (Å²) in [6, 6.07) is 13.3. The highest BCUT2D eigenvalue weighted by molar-refractivity contribution is 7.99. The topological polar surface area (TPSA) is 76.9 Å². The molecule has 0 spiro atoms. The first-order valence-corrected chi connectivity index (χ1v) is 12.1. The lowest BCUT2D eigenvalue weighted by Crippen LogP contribution is -2.24. The number of hydrogen-bond donors (Lipinski definition) is 1. The van der Waals surface area contributed by atoms with Crippen LogP contribution in [0.5, 0.6) is 0 Å². The number of hydrogen-bond acceptors (Lipinski definition) is 6. The van der Waals surface area contributed by atoms with Gasteiger partial charge in [-0.1, -0.05) is 37.2 Å². The summed E-state index contributed by atoms with van der Waals surface area (Å²) in [4.78, 5) is 34.5. The van der Waals surface area contributed by atoms with Gasteiger partial charge in [-0.15, -0.1) is 11.3 Å². The lowest BCUT2D eigenvalue weighted by molar-refractivity contribution is -0.113. The van der Waals surface area contributed by atoms with Crippen LogP contribution in [-0.2, 0) is 11.3 Å². The normalized spacial score (nSPS) is 11.1. The molecule has 6 nitrogen and oxygen atoms in total. The van der Waals surface area contributed by atoms with Gasteiger partial charge in [0.05, 0.1) is 22.3 Å². The average Bonchev–Trinajstić information content (AvgIpc) is 3.26. The number of benzene rings is 2. The Morgan fingerprint density at radius 3 is 2.72 bits per heavy atom. The summed E-state index contributed by atoms with van der Waals surface area (Å²) in [5.74, 6) is -0.448. The predicted molar refractivity (Wildman–Crippen MR) is 128 cm³/mol. The number of carbonyl (C=O) groups is 1. The Labute approximate surface area is 192 Å². The van der Waals surface area contributed by atoms with Crippen molar-refractivity contribution in [3.05, 3.63) is 70.1 Å². The molecule has 2 heterocycles. The van der Waals surface area contributed by atoms with Crippen LogP contribution < -0.4 is 10.9 Å². The maximum atomic E-state index is 13.1. The van der Waals surface area contributed by atoms with Gasteiger partial charge in [0.1, 0.15) is 5.82 Å². The molecular formula is C23H21FN4O2S2. The zero-order chi connectivity index (χ0) is 22.5. The molecule has 0 fully saturated rings. The van der Waals surface area contributed by atoms with Gasteiger partial charge in [0.2, 0.25) is 5.91 Å². The van der Waals surface area contributed by atoms with Crippen molar-refractivity contribution >= 4 is 45.0 Å². The molecule has 2 aromatic heterocycles. The standard InChI is InChI=1S/C23H21FN4O2S2/c1-2-3-12-28-21(30)17-6-4-5-7-18(17)26-23(28)32-14-20(29)27-22-25-19(13-31-22)15-8-10-16(24)11-9-15/h4-11,13H,2-3,12,14H2,1H3,(H,25,27,29). The fourth-order valence-electron chi connectivity index (χ4n) is 3.14. The molecule has 164 valence electrons. The number of aromatic nitrogens is 3. The summed E-state index contributed by atoms with van der Waals surface area (Å²) in [6.07, 6.45) is 1.80. The number of thiazole rings is 1. The lowest BCUT2D eigenvalue weighted by atomic mass is 10.2. The van der Waals surface area contributed by atoms with Crippen LogP contribution in [0.15, 0.2) is 63.9 Å².